The van der Waals surface area contributed by atoms with E-state index in [9.17, 15) is 18.0 Å². The van der Waals surface area contributed by atoms with E-state index in [1.165, 1.54) is 4.31 Å². The number of esters is 1. The first-order valence-electron chi connectivity index (χ1n) is 11.6. The maximum atomic E-state index is 13.1. The Morgan fingerprint density at radius 2 is 1.62 bits per heavy atom. The molecule has 0 spiro atoms. The number of Topliss-reactive ketones (excluding diaryl/α,β-unsaturated/α-hetero) is 1. The number of aromatic nitrogens is 1. The van der Waals surface area contributed by atoms with E-state index in [-0.39, 0.29) is 29.2 Å². The standard InChI is InChI=1S/C25H35N3O5S/c1-7-33-24(30)22-17(2)23(26-18(22)3)21(29)16-27-12-14-28(15-13-27)34(31,32)20-10-8-19(9-11-20)25(4,5)6/h8-11,26H,7,12-16H2,1-6H3. The Morgan fingerprint density at radius 3 is 2.15 bits per heavy atom. The topological polar surface area (TPSA) is 99.8 Å². The SMILES string of the molecule is CCOC(=O)c1c(C)[nH]c(C(=O)CN2CCN(S(=O)(=O)c3ccc(C(C)(C)C)cc3)CC2)c1C. The second kappa shape index (κ2) is 10.0. The number of hydrogen-bond acceptors (Lipinski definition) is 6. The molecule has 0 saturated carbocycles. The minimum Gasteiger partial charge on any atom is -0.462 e. The smallest absolute Gasteiger partial charge is 0.340 e. The third kappa shape index (κ3) is 5.42. The Hall–Kier alpha value is -2.49. The van der Waals surface area contributed by atoms with Gasteiger partial charge in [0, 0.05) is 31.9 Å². The van der Waals surface area contributed by atoms with E-state index < -0.39 is 16.0 Å². The molecule has 0 amide bonds. The number of H-pyrrole nitrogens is 1. The monoisotopic (exact) mass is 489 g/mol. The normalized spacial score (nSPS) is 15.9. The van der Waals surface area contributed by atoms with Crippen LogP contribution in [-0.2, 0) is 20.2 Å². The molecule has 34 heavy (non-hydrogen) atoms. The van der Waals surface area contributed by atoms with Crippen molar-refractivity contribution in [2.45, 2.75) is 51.9 Å². The zero-order valence-corrected chi connectivity index (χ0v) is 21.7. The summed E-state index contributed by atoms with van der Waals surface area (Å²) in [7, 11) is -3.59. The van der Waals surface area contributed by atoms with Gasteiger partial charge in [-0.2, -0.15) is 4.31 Å². The molecule has 2 heterocycles. The highest BCUT2D eigenvalue weighted by molar-refractivity contribution is 7.89. The highest BCUT2D eigenvalue weighted by Gasteiger charge is 2.30. The number of nitrogens with one attached hydrogen (secondary N) is 1. The molecule has 1 fully saturated rings. The van der Waals surface area contributed by atoms with Crippen LogP contribution < -0.4 is 0 Å². The summed E-state index contributed by atoms with van der Waals surface area (Å²) in [5.41, 5.74) is 3.02. The minimum absolute atomic E-state index is 0.0481. The van der Waals surface area contributed by atoms with Crippen LogP contribution in [0.25, 0.3) is 0 Å². The first kappa shape index (κ1) is 26.1. The summed E-state index contributed by atoms with van der Waals surface area (Å²) in [6, 6.07) is 7.08. The van der Waals surface area contributed by atoms with Crippen molar-refractivity contribution in [3.63, 3.8) is 0 Å². The van der Waals surface area contributed by atoms with Gasteiger partial charge >= 0.3 is 5.97 Å². The van der Waals surface area contributed by atoms with Crippen LogP contribution >= 0.6 is 0 Å². The maximum Gasteiger partial charge on any atom is 0.340 e. The quantitative estimate of drug-likeness (QED) is 0.473. The van der Waals surface area contributed by atoms with E-state index in [1.807, 2.05) is 17.0 Å². The molecule has 1 aromatic heterocycles. The van der Waals surface area contributed by atoms with Gasteiger partial charge in [0.1, 0.15) is 0 Å². The number of carbonyl (C=O) groups is 2. The summed E-state index contributed by atoms with van der Waals surface area (Å²) in [4.78, 5) is 30.4. The average molecular weight is 490 g/mol. The molecule has 186 valence electrons. The molecule has 0 unspecified atom stereocenters. The summed E-state index contributed by atoms with van der Waals surface area (Å²) >= 11 is 0. The second-order valence-corrected chi connectivity index (χ2v) is 11.7. The van der Waals surface area contributed by atoms with Gasteiger partial charge < -0.3 is 9.72 Å². The molecular weight excluding hydrogens is 454 g/mol. The summed E-state index contributed by atoms with van der Waals surface area (Å²) < 4.78 is 32.8. The van der Waals surface area contributed by atoms with Crippen LogP contribution in [0.3, 0.4) is 0 Å². The van der Waals surface area contributed by atoms with Crippen LogP contribution in [0.15, 0.2) is 29.2 Å². The summed E-state index contributed by atoms with van der Waals surface area (Å²) in [6.07, 6.45) is 0. The number of sulfonamides is 1. The number of ketones is 1. The molecule has 2 aromatic rings. The van der Waals surface area contributed by atoms with Crippen molar-refractivity contribution >= 4 is 21.8 Å². The Labute approximate surface area is 202 Å². The van der Waals surface area contributed by atoms with Crippen LogP contribution in [-0.4, -0.2) is 73.7 Å². The molecule has 0 bridgehead atoms. The molecule has 1 saturated heterocycles. The molecule has 3 rings (SSSR count). The van der Waals surface area contributed by atoms with Gasteiger partial charge in [0.05, 0.1) is 29.3 Å². The summed E-state index contributed by atoms with van der Waals surface area (Å²) in [5.74, 6) is -0.577. The van der Waals surface area contributed by atoms with E-state index in [0.717, 1.165) is 5.56 Å². The number of benzene rings is 1. The molecule has 0 aliphatic carbocycles. The van der Waals surface area contributed by atoms with Gasteiger partial charge in [-0.15, -0.1) is 0 Å². The first-order chi connectivity index (χ1) is 15.9. The molecule has 1 N–H and O–H groups in total. The van der Waals surface area contributed by atoms with Crippen molar-refractivity contribution in [1.29, 1.82) is 0 Å². The van der Waals surface area contributed by atoms with Crippen LogP contribution in [0, 0.1) is 13.8 Å². The van der Waals surface area contributed by atoms with Crippen molar-refractivity contribution in [3.8, 4) is 0 Å². The van der Waals surface area contributed by atoms with E-state index in [0.29, 0.717) is 48.7 Å². The van der Waals surface area contributed by atoms with E-state index in [1.54, 1.807) is 32.9 Å². The predicted octanol–water partition coefficient (Wildman–Crippen LogP) is 3.29. The first-order valence-corrected chi connectivity index (χ1v) is 13.0. The highest BCUT2D eigenvalue weighted by atomic mass is 32.2. The lowest BCUT2D eigenvalue weighted by Gasteiger charge is -2.33. The third-order valence-electron chi connectivity index (χ3n) is 6.25. The van der Waals surface area contributed by atoms with Crippen molar-refractivity contribution in [3.05, 3.63) is 52.3 Å². The zero-order valence-electron chi connectivity index (χ0n) is 20.9. The van der Waals surface area contributed by atoms with E-state index >= 15 is 0 Å². The van der Waals surface area contributed by atoms with Crippen LogP contribution in [0.2, 0.25) is 0 Å². The fourth-order valence-electron chi connectivity index (χ4n) is 4.22. The third-order valence-corrected chi connectivity index (χ3v) is 8.17. The Kier molecular flexibility index (Phi) is 7.69. The lowest BCUT2D eigenvalue weighted by Crippen LogP contribution is -2.49. The van der Waals surface area contributed by atoms with Gasteiger partial charge in [-0.05, 0) is 49.4 Å². The number of aryl methyl sites for hydroxylation is 1. The van der Waals surface area contributed by atoms with Crippen molar-refractivity contribution in [2.24, 2.45) is 0 Å². The largest absolute Gasteiger partial charge is 0.462 e. The van der Waals surface area contributed by atoms with Crippen molar-refractivity contribution in [1.82, 2.24) is 14.2 Å². The number of aromatic amines is 1. The van der Waals surface area contributed by atoms with Gasteiger partial charge in [0.2, 0.25) is 10.0 Å². The number of piperazine rings is 1. The molecule has 9 heteroatoms. The number of carbonyl (C=O) groups excluding carboxylic acids is 2. The predicted molar refractivity (Wildman–Crippen MR) is 131 cm³/mol. The molecule has 1 aliphatic heterocycles. The number of ether oxygens (including phenoxy) is 1. The number of hydrogen-bond donors (Lipinski definition) is 1. The van der Waals surface area contributed by atoms with Crippen molar-refractivity contribution in [2.75, 3.05) is 39.3 Å². The summed E-state index contributed by atoms with van der Waals surface area (Å²) in [5, 5.41) is 0. The van der Waals surface area contributed by atoms with Crippen LogP contribution in [0.5, 0.6) is 0 Å². The Balaban J connectivity index is 1.63. The molecule has 1 aliphatic rings. The number of nitrogens with zero attached hydrogens (tertiary/aromatic N) is 2. The van der Waals surface area contributed by atoms with E-state index in [2.05, 4.69) is 25.8 Å². The van der Waals surface area contributed by atoms with Crippen LogP contribution in [0.4, 0.5) is 0 Å². The lowest BCUT2D eigenvalue weighted by atomic mass is 9.87. The Morgan fingerprint density at radius 1 is 1.03 bits per heavy atom. The maximum absolute atomic E-state index is 13.1. The van der Waals surface area contributed by atoms with Gasteiger partial charge in [-0.25, -0.2) is 13.2 Å². The molecule has 8 nitrogen and oxygen atoms in total. The van der Waals surface area contributed by atoms with Crippen LogP contribution in [0.1, 0.15) is 65.4 Å². The van der Waals surface area contributed by atoms with Crippen molar-refractivity contribution < 1.29 is 22.7 Å². The Bertz CT molecular complexity index is 1150. The minimum atomic E-state index is -3.59. The zero-order chi connectivity index (χ0) is 25.3. The second-order valence-electron chi connectivity index (χ2n) is 9.72. The molecule has 0 atom stereocenters. The number of rotatable bonds is 7. The molecule has 0 radical (unpaired) electrons. The lowest BCUT2D eigenvalue weighted by molar-refractivity contribution is 0.0525. The molecular formula is C25H35N3O5S. The van der Waals surface area contributed by atoms with Gasteiger partial charge in [0.15, 0.2) is 5.78 Å². The van der Waals surface area contributed by atoms with Gasteiger partial charge in [-0.3, -0.25) is 9.69 Å². The summed E-state index contributed by atoms with van der Waals surface area (Å²) in [6.45, 7) is 13.4. The fraction of sp³-hybridized carbons (Fsp3) is 0.520. The van der Waals surface area contributed by atoms with E-state index in [4.69, 9.17) is 4.74 Å². The average Bonchev–Trinajstić information content (AvgIpc) is 3.08. The fourth-order valence-corrected chi connectivity index (χ4v) is 5.65. The van der Waals surface area contributed by atoms with Gasteiger partial charge in [-0.1, -0.05) is 32.9 Å². The highest BCUT2D eigenvalue weighted by Crippen LogP contribution is 2.25. The van der Waals surface area contributed by atoms with Gasteiger partial charge in [0.25, 0.3) is 0 Å². The molecule has 1 aromatic carbocycles.